The van der Waals surface area contributed by atoms with Crippen LogP contribution < -0.4 is 14.8 Å². The number of rotatable bonds is 10. The summed E-state index contributed by atoms with van der Waals surface area (Å²) in [6.45, 7) is 2.65. The van der Waals surface area contributed by atoms with Crippen molar-refractivity contribution in [1.82, 2.24) is 15.1 Å². The molecule has 0 spiro atoms. The molecular formula is C24H24N4O5S. The minimum Gasteiger partial charge on any atom is -0.493 e. The Kier molecular flexibility index (Phi) is 7.17. The summed E-state index contributed by atoms with van der Waals surface area (Å²) in [5, 5.41) is 11.8. The quantitative estimate of drug-likeness (QED) is 0.443. The summed E-state index contributed by atoms with van der Waals surface area (Å²) < 4.78 is 10.9. The number of hydrogen-bond donors (Lipinski definition) is 1. The average Bonchev–Trinajstić information content (AvgIpc) is 3.39. The van der Waals surface area contributed by atoms with E-state index in [1.807, 2.05) is 25.1 Å². The van der Waals surface area contributed by atoms with Crippen molar-refractivity contribution in [2.45, 2.75) is 26.2 Å². The number of amides is 3. The smallest absolute Gasteiger partial charge is 0.261 e. The number of ether oxygens (including phenoxy) is 2. The lowest BCUT2D eigenvalue weighted by atomic mass is 10.1. The van der Waals surface area contributed by atoms with E-state index in [0.717, 1.165) is 5.56 Å². The first-order valence-electron chi connectivity index (χ1n) is 10.9. The lowest BCUT2D eigenvalue weighted by Crippen LogP contribution is -2.31. The molecule has 4 rings (SSSR count). The van der Waals surface area contributed by atoms with Gasteiger partial charge in [0.1, 0.15) is 5.01 Å². The molecule has 1 N–H and O–H groups in total. The van der Waals surface area contributed by atoms with Crippen molar-refractivity contribution >= 4 is 34.2 Å². The maximum atomic E-state index is 12.5. The van der Waals surface area contributed by atoms with Gasteiger partial charge in [0.15, 0.2) is 11.5 Å². The van der Waals surface area contributed by atoms with Crippen molar-refractivity contribution in [3.8, 4) is 11.5 Å². The third-order valence-corrected chi connectivity index (χ3v) is 6.21. The maximum Gasteiger partial charge on any atom is 0.261 e. The van der Waals surface area contributed by atoms with Gasteiger partial charge in [-0.15, -0.1) is 10.2 Å². The predicted octanol–water partition coefficient (Wildman–Crippen LogP) is 3.36. The van der Waals surface area contributed by atoms with E-state index >= 15 is 0 Å². The number of methoxy groups -OCH3 is 1. The number of imide groups is 1. The number of anilines is 1. The van der Waals surface area contributed by atoms with Crippen LogP contribution in [-0.2, 0) is 17.6 Å². The van der Waals surface area contributed by atoms with Crippen LogP contribution in [0.2, 0.25) is 0 Å². The number of nitrogens with one attached hydrogen (secondary N) is 1. The van der Waals surface area contributed by atoms with Gasteiger partial charge in [-0.2, -0.15) is 0 Å². The van der Waals surface area contributed by atoms with E-state index in [1.165, 1.54) is 16.2 Å². The normalized spacial score (nSPS) is 12.6. The second kappa shape index (κ2) is 10.4. The number of hydrogen-bond acceptors (Lipinski definition) is 8. The number of carbonyl (C=O) groups is 3. The first-order chi connectivity index (χ1) is 16.5. The van der Waals surface area contributed by atoms with Crippen LogP contribution in [0.3, 0.4) is 0 Å². The molecule has 0 aliphatic carbocycles. The SMILES string of the molecule is CCOc1ccc(CCC(=O)Nc2nnc(CCN3C(=O)c4ccccc4C3=O)s2)cc1OC. The fourth-order valence-electron chi connectivity index (χ4n) is 3.64. The fraction of sp³-hybridized carbons (Fsp3) is 0.292. The first kappa shape index (κ1) is 23.4. The number of nitrogens with zero attached hydrogens (tertiary/aromatic N) is 3. The number of aryl methyl sites for hydroxylation is 1. The Morgan fingerprint density at radius 2 is 1.76 bits per heavy atom. The van der Waals surface area contributed by atoms with Gasteiger partial charge in [0, 0.05) is 19.4 Å². The van der Waals surface area contributed by atoms with Gasteiger partial charge < -0.3 is 14.8 Å². The molecule has 0 fully saturated rings. The summed E-state index contributed by atoms with van der Waals surface area (Å²) >= 11 is 1.23. The summed E-state index contributed by atoms with van der Waals surface area (Å²) in [4.78, 5) is 38.5. The molecule has 0 saturated heterocycles. The number of fused-ring (bicyclic) bond motifs is 1. The highest BCUT2D eigenvalue weighted by Crippen LogP contribution is 2.28. The van der Waals surface area contributed by atoms with Crippen LogP contribution >= 0.6 is 11.3 Å². The average molecular weight is 481 g/mol. The second-order valence-electron chi connectivity index (χ2n) is 7.52. The third-order valence-electron chi connectivity index (χ3n) is 5.31. The molecule has 1 aliphatic rings. The molecule has 2 aromatic carbocycles. The van der Waals surface area contributed by atoms with Gasteiger partial charge in [-0.1, -0.05) is 29.5 Å². The Balaban J connectivity index is 1.27. The van der Waals surface area contributed by atoms with E-state index in [0.29, 0.717) is 52.2 Å². The molecule has 176 valence electrons. The maximum absolute atomic E-state index is 12.5. The summed E-state index contributed by atoms with van der Waals surface area (Å²) in [6.07, 6.45) is 1.16. The molecule has 34 heavy (non-hydrogen) atoms. The van der Waals surface area contributed by atoms with Crippen molar-refractivity contribution in [2.24, 2.45) is 0 Å². The van der Waals surface area contributed by atoms with E-state index in [9.17, 15) is 14.4 Å². The first-order valence-corrected chi connectivity index (χ1v) is 11.7. The molecule has 1 aromatic heterocycles. The van der Waals surface area contributed by atoms with Crippen LogP contribution in [0, 0.1) is 0 Å². The Labute approximate surface area is 200 Å². The van der Waals surface area contributed by atoms with Gasteiger partial charge in [0.05, 0.1) is 24.8 Å². The van der Waals surface area contributed by atoms with E-state index in [1.54, 1.807) is 31.4 Å². The predicted molar refractivity (Wildman–Crippen MR) is 127 cm³/mol. The van der Waals surface area contributed by atoms with Crippen LogP contribution in [0.1, 0.15) is 44.6 Å². The van der Waals surface area contributed by atoms with E-state index < -0.39 is 0 Å². The van der Waals surface area contributed by atoms with Gasteiger partial charge in [0.25, 0.3) is 11.8 Å². The molecule has 10 heteroatoms. The zero-order valence-electron chi connectivity index (χ0n) is 18.9. The molecule has 0 saturated carbocycles. The zero-order valence-corrected chi connectivity index (χ0v) is 19.7. The molecule has 0 unspecified atom stereocenters. The fourth-order valence-corrected chi connectivity index (χ4v) is 4.38. The Bertz CT molecular complexity index is 1190. The Hall–Kier alpha value is -3.79. The molecular weight excluding hydrogens is 456 g/mol. The molecule has 0 radical (unpaired) electrons. The summed E-state index contributed by atoms with van der Waals surface area (Å²) in [5.41, 5.74) is 1.79. The number of aromatic nitrogens is 2. The molecule has 3 aromatic rings. The van der Waals surface area contributed by atoms with Crippen molar-refractivity contribution < 1.29 is 23.9 Å². The van der Waals surface area contributed by atoms with Gasteiger partial charge >= 0.3 is 0 Å². The van der Waals surface area contributed by atoms with Crippen molar-refractivity contribution in [2.75, 3.05) is 25.6 Å². The van der Waals surface area contributed by atoms with Crippen LogP contribution in [0.5, 0.6) is 11.5 Å². The van der Waals surface area contributed by atoms with E-state index in [-0.39, 0.29) is 30.7 Å². The minimum absolute atomic E-state index is 0.184. The Morgan fingerprint density at radius 1 is 1.03 bits per heavy atom. The largest absolute Gasteiger partial charge is 0.493 e. The third kappa shape index (κ3) is 5.07. The number of carbonyl (C=O) groups excluding carboxylic acids is 3. The van der Waals surface area contributed by atoms with Crippen molar-refractivity contribution in [3.63, 3.8) is 0 Å². The molecule has 0 bridgehead atoms. The van der Waals surface area contributed by atoms with Gasteiger partial charge in [-0.05, 0) is 43.2 Å². The minimum atomic E-state index is -0.301. The zero-order chi connectivity index (χ0) is 24.1. The molecule has 9 nitrogen and oxygen atoms in total. The monoisotopic (exact) mass is 480 g/mol. The molecule has 2 heterocycles. The van der Waals surface area contributed by atoms with Gasteiger partial charge in [-0.25, -0.2) is 0 Å². The summed E-state index contributed by atoms with van der Waals surface area (Å²) in [5.74, 6) is 0.511. The van der Waals surface area contributed by atoms with Crippen molar-refractivity contribution in [1.29, 1.82) is 0 Å². The topological polar surface area (TPSA) is 111 Å². The van der Waals surface area contributed by atoms with Crippen LogP contribution in [0.15, 0.2) is 42.5 Å². The molecule has 3 amide bonds. The van der Waals surface area contributed by atoms with E-state index in [2.05, 4.69) is 15.5 Å². The molecule has 0 atom stereocenters. The number of benzene rings is 2. The second-order valence-corrected chi connectivity index (χ2v) is 8.59. The lowest BCUT2D eigenvalue weighted by Gasteiger charge is -2.12. The van der Waals surface area contributed by atoms with Gasteiger partial charge in [-0.3, -0.25) is 19.3 Å². The molecule has 1 aliphatic heterocycles. The Morgan fingerprint density at radius 3 is 2.44 bits per heavy atom. The lowest BCUT2D eigenvalue weighted by molar-refractivity contribution is -0.116. The van der Waals surface area contributed by atoms with Crippen LogP contribution in [0.4, 0.5) is 5.13 Å². The standard InChI is InChI=1S/C24H24N4O5S/c1-3-33-18-10-8-15(14-19(18)32-2)9-11-20(29)25-24-27-26-21(34-24)12-13-28-22(30)16-6-4-5-7-17(16)23(28)31/h4-8,10,14H,3,9,11-13H2,1-2H3,(H,25,27,29). The van der Waals surface area contributed by atoms with Crippen molar-refractivity contribution in [3.05, 3.63) is 64.2 Å². The summed E-state index contributed by atoms with van der Waals surface area (Å²) in [6, 6.07) is 12.4. The highest BCUT2D eigenvalue weighted by molar-refractivity contribution is 7.15. The van der Waals surface area contributed by atoms with E-state index in [4.69, 9.17) is 9.47 Å². The summed E-state index contributed by atoms with van der Waals surface area (Å²) in [7, 11) is 1.58. The highest BCUT2D eigenvalue weighted by Gasteiger charge is 2.34. The van der Waals surface area contributed by atoms with Crippen LogP contribution in [-0.4, -0.2) is 53.1 Å². The highest BCUT2D eigenvalue weighted by atomic mass is 32.1. The van der Waals surface area contributed by atoms with Gasteiger partial charge in [0.2, 0.25) is 11.0 Å². The van der Waals surface area contributed by atoms with Crippen LogP contribution in [0.25, 0.3) is 0 Å².